The van der Waals surface area contributed by atoms with E-state index in [0.717, 1.165) is 28.7 Å². The van der Waals surface area contributed by atoms with Crippen LogP contribution in [0.4, 0.5) is 0 Å². The summed E-state index contributed by atoms with van der Waals surface area (Å²) in [5.41, 5.74) is 15.9. The smallest absolute Gasteiger partial charge is 0.255 e. The number of carbonyl (C=O) groups excluding carboxylic acids is 5. The first-order valence-corrected chi connectivity index (χ1v) is 14.6. The maximum atomic E-state index is 14.1. The average Bonchev–Trinajstić information content (AvgIpc) is 3.32. The van der Waals surface area contributed by atoms with E-state index in [4.69, 9.17) is 16.2 Å². The molecule has 44 heavy (non-hydrogen) atoms. The number of rotatable bonds is 9. The summed E-state index contributed by atoms with van der Waals surface area (Å²) in [7, 11) is 0. The summed E-state index contributed by atoms with van der Waals surface area (Å²) in [6.45, 7) is 2.55. The number of nitrogens with one attached hydrogen (secondary N) is 1. The summed E-state index contributed by atoms with van der Waals surface area (Å²) in [5, 5.41) is 3.20. The summed E-state index contributed by atoms with van der Waals surface area (Å²) in [6, 6.07) is 18.1. The molecule has 0 bridgehead atoms. The first-order chi connectivity index (χ1) is 21.0. The van der Waals surface area contributed by atoms with Crippen LogP contribution in [-0.2, 0) is 32.0 Å². The molecule has 0 spiro atoms. The molecule has 228 valence electrons. The Balaban J connectivity index is 1.47. The van der Waals surface area contributed by atoms with Gasteiger partial charge in [-0.1, -0.05) is 48.5 Å². The van der Waals surface area contributed by atoms with Crippen molar-refractivity contribution in [3.05, 3.63) is 100 Å². The Bertz CT molecular complexity index is 1620. The van der Waals surface area contributed by atoms with Crippen LogP contribution in [0.1, 0.15) is 70.4 Å². The maximum absolute atomic E-state index is 14.1. The topological polar surface area (TPSA) is 162 Å². The van der Waals surface area contributed by atoms with Crippen LogP contribution in [0.5, 0.6) is 5.75 Å². The lowest BCUT2D eigenvalue weighted by Gasteiger charge is -2.29. The fourth-order valence-electron chi connectivity index (χ4n) is 6.36. The fourth-order valence-corrected chi connectivity index (χ4v) is 6.36. The standard InChI is InChI=1S/C34H36N4O6/c1-19(39)31(20(2)40)27-9-5-6-10-28(27)34(43)38-17-23(35)16-29(38)33(42)37-32-25-8-4-3-7-21(25)11-12-22-15-24(13-14-26(22)32)44-18-30(36)41/h3-10,13-15,23,29,31-32H,11-12,16-18,35H2,1-2H3,(H2,36,41)(H,37,42). The predicted octanol–water partition coefficient (Wildman–Crippen LogP) is 2.36. The number of hydrogen-bond donors (Lipinski definition) is 3. The van der Waals surface area contributed by atoms with Gasteiger partial charge in [0.2, 0.25) is 5.91 Å². The lowest BCUT2D eigenvalue weighted by atomic mass is 9.88. The molecule has 1 saturated heterocycles. The van der Waals surface area contributed by atoms with Crippen LogP contribution in [0, 0.1) is 0 Å². The number of aryl methyl sites for hydroxylation is 2. The van der Waals surface area contributed by atoms with Crippen molar-refractivity contribution >= 4 is 29.3 Å². The van der Waals surface area contributed by atoms with E-state index in [1.807, 2.05) is 36.4 Å². The van der Waals surface area contributed by atoms with Gasteiger partial charge in [0, 0.05) is 18.2 Å². The SMILES string of the molecule is CC(=O)C(C(C)=O)c1ccccc1C(=O)N1CC(N)CC1C(=O)NC1c2ccccc2CCc2cc(OCC(N)=O)ccc21. The van der Waals surface area contributed by atoms with Crippen LogP contribution >= 0.6 is 0 Å². The molecule has 3 atom stereocenters. The van der Waals surface area contributed by atoms with E-state index in [1.54, 1.807) is 30.3 Å². The molecule has 3 aromatic carbocycles. The number of amides is 3. The molecule has 10 heteroatoms. The van der Waals surface area contributed by atoms with E-state index in [-0.39, 0.29) is 42.6 Å². The number of likely N-dealkylation sites (tertiary alicyclic amines) is 1. The molecular weight excluding hydrogens is 560 g/mol. The molecule has 2 aliphatic rings. The van der Waals surface area contributed by atoms with Gasteiger partial charge < -0.3 is 26.4 Å². The lowest BCUT2D eigenvalue weighted by molar-refractivity contribution is -0.127. The zero-order valence-corrected chi connectivity index (χ0v) is 24.7. The molecule has 3 amide bonds. The van der Waals surface area contributed by atoms with Crippen LogP contribution in [-0.4, -0.2) is 59.4 Å². The van der Waals surface area contributed by atoms with Gasteiger partial charge in [0.15, 0.2) is 6.61 Å². The van der Waals surface area contributed by atoms with Gasteiger partial charge in [-0.15, -0.1) is 0 Å². The second kappa shape index (κ2) is 12.8. The second-order valence-corrected chi connectivity index (χ2v) is 11.5. The Labute approximate surface area is 255 Å². The number of nitrogens with zero attached hydrogens (tertiary/aromatic N) is 1. The van der Waals surface area contributed by atoms with Crippen LogP contribution in [0.15, 0.2) is 66.7 Å². The summed E-state index contributed by atoms with van der Waals surface area (Å²) >= 11 is 0. The third kappa shape index (κ3) is 6.26. The number of ether oxygens (including phenoxy) is 1. The highest BCUT2D eigenvalue weighted by atomic mass is 16.5. The monoisotopic (exact) mass is 596 g/mol. The molecular formula is C34H36N4O6. The van der Waals surface area contributed by atoms with E-state index in [1.165, 1.54) is 18.7 Å². The first kappa shape index (κ1) is 30.6. The minimum atomic E-state index is -1.07. The van der Waals surface area contributed by atoms with Crippen LogP contribution in [0.2, 0.25) is 0 Å². The highest BCUT2D eigenvalue weighted by molar-refractivity contribution is 6.09. The molecule has 1 aliphatic carbocycles. The lowest BCUT2D eigenvalue weighted by Crippen LogP contribution is -2.47. The van der Waals surface area contributed by atoms with Crippen molar-refractivity contribution in [1.29, 1.82) is 0 Å². The van der Waals surface area contributed by atoms with Crippen molar-refractivity contribution in [2.75, 3.05) is 13.2 Å². The van der Waals surface area contributed by atoms with Crippen LogP contribution in [0.25, 0.3) is 0 Å². The largest absolute Gasteiger partial charge is 0.484 e. The van der Waals surface area contributed by atoms with Gasteiger partial charge >= 0.3 is 0 Å². The predicted molar refractivity (Wildman–Crippen MR) is 163 cm³/mol. The van der Waals surface area contributed by atoms with Crippen molar-refractivity contribution in [3.63, 3.8) is 0 Å². The fraction of sp³-hybridized carbons (Fsp3) is 0.324. The molecule has 0 saturated carbocycles. The van der Waals surface area contributed by atoms with Crippen LogP contribution < -0.4 is 21.5 Å². The van der Waals surface area contributed by atoms with Gasteiger partial charge in [-0.25, -0.2) is 0 Å². The average molecular weight is 597 g/mol. The summed E-state index contributed by atoms with van der Waals surface area (Å²) in [4.78, 5) is 65.5. The zero-order chi connectivity index (χ0) is 31.5. The molecule has 1 heterocycles. The van der Waals surface area contributed by atoms with Crippen molar-refractivity contribution in [2.45, 2.75) is 57.2 Å². The Hall–Kier alpha value is -4.83. The summed E-state index contributed by atoms with van der Waals surface area (Å²) in [6.07, 6.45) is 1.68. The zero-order valence-electron chi connectivity index (χ0n) is 24.7. The minimum Gasteiger partial charge on any atom is -0.484 e. The van der Waals surface area contributed by atoms with Gasteiger partial charge in [0.25, 0.3) is 11.8 Å². The molecule has 0 radical (unpaired) electrons. The number of primary amides is 1. The van der Waals surface area contributed by atoms with E-state index in [2.05, 4.69) is 5.32 Å². The third-order valence-corrected chi connectivity index (χ3v) is 8.34. The Morgan fingerprint density at radius 3 is 2.30 bits per heavy atom. The Morgan fingerprint density at radius 2 is 1.57 bits per heavy atom. The van der Waals surface area contributed by atoms with E-state index in [9.17, 15) is 24.0 Å². The van der Waals surface area contributed by atoms with Gasteiger partial charge in [0.05, 0.1) is 6.04 Å². The number of Topliss-reactive ketones (excluding diaryl/α,β-unsaturated/α-hetero) is 2. The molecule has 0 aromatic heterocycles. The van der Waals surface area contributed by atoms with Gasteiger partial charge in [-0.3, -0.25) is 24.0 Å². The molecule has 10 nitrogen and oxygen atoms in total. The van der Waals surface area contributed by atoms with Gasteiger partial charge in [-0.05, 0) is 79.1 Å². The number of carbonyl (C=O) groups is 5. The van der Waals surface area contributed by atoms with Crippen molar-refractivity contribution in [1.82, 2.24) is 10.2 Å². The maximum Gasteiger partial charge on any atom is 0.255 e. The van der Waals surface area contributed by atoms with Crippen LogP contribution in [0.3, 0.4) is 0 Å². The molecule has 3 aromatic rings. The highest BCUT2D eigenvalue weighted by Gasteiger charge is 2.41. The number of nitrogens with two attached hydrogens (primary N) is 2. The number of hydrogen-bond acceptors (Lipinski definition) is 7. The molecule has 1 fully saturated rings. The third-order valence-electron chi connectivity index (χ3n) is 8.34. The quantitative estimate of drug-likeness (QED) is 0.320. The summed E-state index contributed by atoms with van der Waals surface area (Å²) < 4.78 is 5.54. The van der Waals surface area contributed by atoms with Gasteiger partial charge in [-0.2, -0.15) is 0 Å². The van der Waals surface area contributed by atoms with Crippen molar-refractivity contribution in [3.8, 4) is 5.75 Å². The highest BCUT2D eigenvalue weighted by Crippen LogP contribution is 2.35. The first-order valence-electron chi connectivity index (χ1n) is 14.6. The molecule has 3 unspecified atom stereocenters. The Kier molecular flexibility index (Phi) is 8.91. The van der Waals surface area contributed by atoms with E-state index in [0.29, 0.717) is 17.7 Å². The van der Waals surface area contributed by atoms with Crippen molar-refractivity contribution < 1.29 is 28.7 Å². The molecule has 1 aliphatic heterocycles. The molecule has 5 rings (SSSR count). The van der Waals surface area contributed by atoms with E-state index >= 15 is 0 Å². The van der Waals surface area contributed by atoms with E-state index < -0.39 is 35.9 Å². The van der Waals surface area contributed by atoms with Gasteiger partial charge in [0.1, 0.15) is 29.3 Å². The van der Waals surface area contributed by atoms with Crippen molar-refractivity contribution in [2.24, 2.45) is 11.5 Å². The molecule has 5 N–H and O–H groups in total. The number of ketones is 2. The second-order valence-electron chi connectivity index (χ2n) is 11.5. The number of benzene rings is 3. The number of fused-ring (bicyclic) bond motifs is 2. The normalized spacial score (nSPS) is 19.0. The minimum absolute atomic E-state index is 0.147. The summed E-state index contributed by atoms with van der Waals surface area (Å²) in [5.74, 6) is -2.69. The Morgan fingerprint density at radius 1 is 0.909 bits per heavy atom.